The first kappa shape index (κ1) is 21.6. The summed E-state index contributed by atoms with van der Waals surface area (Å²) in [7, 11) is 1.50. The average molecular weight is 408 g/mol. The van der Waals surface area contributed by atoms with Crippen LogP contribution in [-0.2, 0) is 9.59 Å². The number of carbonyl (C=O) groups excluding carboxylic acids is 2. The van der Waals surface area contributed by atoms with Gasteiger partial charge in [0.05, 0.1) is 24.3 Å². The van der Waals surface area contributed by atoms with Crippen molar-refractivity contribution in [3.05, 3.63) is 71.3 Å². The van der Waals surface area contributed by atoms with Gasteiger partial charge in [0.15, 0.2) is 0 Å². The van der Waals surface area contributed by atoms with E-state index in [0.717, 1.165) is 18.7 Å². The molecule has 1 fully saturated rings. The third-order valence-corrected chi connectivity index (χ3v) is 5.57. The normalized spacial score (nSPS) is 18.3. The van der Waals surface area contributed by atoms with Crippen LogP contribution >= 0.6 is 0 Å². The first-order chi connectivity index (χ1) is 14.5. The number of para-hydroxylation sites is 1. The van der Waals surface area contributed by atoms with Crippen LogP contribution in [0.15, 0.2) is 60.2 Å². The van der Waals surface area contributed by atoms with E-state index in [-0.39, 0.29) is 11.3 Å². The molecule has 1 N–H and O–H groups in total. The number of amides is 1. The van der Waals surface area contributed by atoms with Crippen molar-refractivity contribution in [3.63, 3.8) is 0 Å². The molecule has 158 valence electrons. The molecule has 0 bridgehead atoms. The van der Waals surface area contributed by atoms with Gasteiger partial charge in [-0.15, -0.1) is 0 Å². The Kier molecular flexibility index (Phi) is 6.90. The average Bonchev–Trinajstić information content (AvgIpc) is 3.04. The number of aliphatic hydroxyl groups is 1. The number of hydrogen-bond donors (Lipinski definition) is 1. The van der Waals surface area contributed by atoms with Crippen molar-refractivity contribution in [2.45, 2.75) is 19.9 Å². The zero-order chi connectivity index (χ0) is 21.7. The molecular formula is C24H28N2O4. The summed E-state index contributed by atoms with van der Waals surface area (Å²) >= 11 is 0. The summed E-state index contributed by atoms with van der Waals surface area (Å²) in [6, 6.07) is 15.6. The van der Waals surface area contributed by atoms with Gasteiger partial charge < -0.3 is 19.6 Å². The number of likely N-dealkylation sites (tertiary alicyclic amines) is 1. The van der Waals surface area contributed by atoms with Gasteiger partial charge in [-0.2, -0.15) is 0 Å². The molecule has 6 heteroatoms. The van der Waals surface area contributed by atoms with Gasteiger partial charge in [-0.3, -0.25) is 9.59 Å². The first-order valence-electron chi connectivity index (χ1n) is 10.2. The fourth-order valence-corrected chi connectivity index (χ4v) is 3.87. The number of hydrogen-bond acceptors (Lipinski definition) is 5. The molecule has 1 heterocycles. The SMILES string of the molecule is CCN(CC)CCN1C(=O)C(=O)/C(=C(\O)c2ccccc2OC)C1c1ccccc1. The summed E-state index contributed by atoms with van der Waals surface area (Å²) in [5, 5.41) is 11.1. The maximum absolute atomic E-state index is 13.0. The second-order valence-corrected chi connectivity index (χ2v) is 7.13. The van der Waals surface area contributed by atoms with E-state index in [4.69, 9.17) is 4.74 Å². The van der Waals surface area contributed by atoms with Crippen molar-refractivity contribution < 1.29 is 19.4 Å². The highest BCUT2D eigenvalue weighted by molar-refractivity contribution is 6.46. The van der Waals surface area contributed by atoms with Crippen LogP contribution in [0.4, 0.5) is 0 Å². The van der Waals surface area contributed by atoms with E-state index in [2.05, 4.69) is 18.7 Å². The number of methoxy groups -OCH3 is 1. The number of nitrogens with zero attached hydrogens (tertiary/aromatic N) is 2. The van der Waals surface area contributed by atoms with E-state index in [0.29, 0.717) is 24.4 Å². The maximum Gasteiger partial charge on any atom is 0.295 e. The number of ketones is 1. The highest BCUT2D eigenvalue weighted by Gasteiger charge is 2.46. The predicted molar refractivity (Wildman–Crippen MR) is 116 cm³/mol. The van der Waals surface area contributed by atoms with Crippen molar-refractivity contribution in [1.82, 2.24) is 9.80 Å². The lowest BCUT2D eigenvalue weighted by atomic mass is 9.95. The molecular weight excluding hydrogens is 380 g/mol. The van der Waals surface area contributed by atoms with E-state index >= 15 is 0 Å². The molecule has 1 aliphatic rings. The highest BCUT2D eigenvalue weighted by atomic mass is 16.5. The van der Waals surface area contributed by atoms with Crippen LogP contribution in [0, 0.1) is 0 Å². The Morgan fingerprint density at radius 1 is 1.03 bits per heavy atom. The van der Waals surface area contributed by atoms with Gasteiger partial charge in [0, 0.05) is 13.1 Å². The molecule has 1 atom stereocenters. The van der Waals surface area contributed by atoms with Crippen molar-refractivity contribution in [1.29, 1.82) is 0 Å². The molecule has 1 amide bonds. The number of ether oxygens (including phenoxy) is 1. The summed E-state index contributed by atoms with van der Waals surface area (Å²) in [6.07, 6.45) is 0. The molecule has 2 aromatic rings. The van der Waals surface area contributed by atoms with Crippen LogP contribution in [0.3, 0.4) is 0 Å². The number of aliphatic hydroxyl groups excluding tert-OH is 1. The number of benzene rings is 2. The molecule has 0 aliphatic carbocycles. The van der Waals surface area contributed by atoms with Crippen LogP contribution in [0.5, 0.6) is 5.75 Å². The van der Waals surface area contributed by atoms with E-state index in [1.807, 2.05) is 30.3 Å². The fraction of sp³-hybridized carbons (Fsp3) is 0.333. The van der Waals surface area contributed by atoms with E-state index in [9.17, 15) is 14.7 Å². The van der Waals surface area contributed by atoms with Crippen LogP contribution in [0.2, 0.25) is 0 Å². The molecule has 30 heavy (non-hydrogen) atoms. The summed E-state index contributed by atoms with van der Waals surface area (Å²) in [5.41, 5.74) is 1.27. The Morgan fingerprint density at radius 2 is 1.67 bits per heavy atom. The molecule has 0 saturated carbocycles. The molecule has 1 aliphatic heterocycles. The predicted octanol–water partition coefficient (Wildman–Crippen LogP) is 3.46. The van der Waals surface area contributed by atoms with Gasteiger partial charge in [0.25, 0.3) is 11.7 Å². The zero-order valence-corrected chi connectivity index (χ0v) is 17.7. The minimum atomic E-state index is -0.674. The van der Waals surface area contributed by atoms with Gasteiger partial charge in [-0.25, -0.2) is 0 Å². The minimum Gasteiger partial charge on any atom is -0.507 e. The number of carbonyl (C=O) groups is 2. The molecule has 2 aromatic carbocycles. The molecule has 1 saturated heterocycles. The minimum absolute atomic E-state index is 0.0928. The van der Waals surface area contributed by atoms with Crippen LogP contribution in [-0.4, -0.2) is 59.9 Å². The van der Waals surface area contributed by atoms with E-state index < -0.39 is 17.7 Å². The van der Waals surface area contributed by atoms with Crippen molar-refractivity contribution >= 4 is 17.4 Å². The third-order valence-electron chi connectivity index (χ3n) is 5.57. The Morgan fingerprint density at radius 3 is 2.30 bits per heavy atom. The standard InChI is InChI=1S/C24H28N2O4/c1-4-25(5-2)15-16-26-21(17-11-7-6-8-12-17)20(23(28)24(26)29)22(27)18-13-9-10-14-19(18)30-3/h6-14,21,27H,4-5,15-16H2,1-3H3/b22-20-. The Hall–Kier alpha value is -3.12. The Labute approximate surface area is 177 Å². The lowest BCUT2D eigenvalue weighted by Gasteiger charge is -2.28. The monoisotopic (exact) mass is 408 g/mol. The highest BCUT2D eigenvalue weighted by Crippen LogP contribution is 2.40. The Bertz CT molecular complexity index is 935. The summed E-state index contributed by atoms with van der Waals surface area (Å²) < 4.78 is 5.35. The third kappa shape index (κ3) is 4.09. The first-order valence-corrected chi connectivity index (χ1v) is 10.2. The molecule has 3 rings (SSSR count). The number of Topliss-reactive ketones (excluding diaryl/α,β-unsaturated/α-hetero) is 1. The van der Waals surface area contributed by atoms with Crippen molar-refractivity contribution in [2.24, 2.45) is 0 Å². The lowest BCUT2D eigenvalue weighted by Crippen LogP contribution is -2.38. The largest absolute Gasteiger partial charge is 0.507 e. The van der Waals surface area contributed by atoms with E-state index in [1.54, 1.807) is 29.2 Å². The maximum atomic E-state index is 13.0. The van der Waals surface area contributed by atoms with Crippen LogP contribution in [0.1, 0.15) is 31.0 Å². The molecule has 0 aromatic heterocycles. The molecule has 0 radical (unpaired) electrons. The molecule has 0 spiro atoms. The quantitative estimate of drug-likeness (QED) is 0.412. The number of rotatable bonds is 8. The van der Waals surface area contributed by atoms with Gasteiger partial charge in [0.2, 0.25) is 0 Å². The van der Waals surface area contributed by atoms with Crippen molar-refractivity contribution in [3.8, 4) is 5.75 Å². The van der Waals surface area contributed by atoms with Crippen LogP contribution in [0.25, 0.3) is 5.76 Å². The molecule has 1 unspecified atom stereocenters. The van der Waals surface area contributed by atoms with Gasteiger partial charge in [-0.1, -0.05) is 56.3 Å². The smallest absolute Gasteiger partial charge is 0.295 e. The number of likely N-dealkylation sites (N-methyl/N-ethyl adjacent to an activating group) is 1. The Balaban J connectivity index is 2.11. The topological polar surface area (TPSA) is 70.1 Å². The summed E-state index contributed by atoms with van der Waals surface area (Å²) in [6.45, 7) is 6.89. The van der Waals surface area contributed by atoms with Crippen LogP contribution < -0.4 is 4.74 Å². The lowest BCUT2D eigenvalue weighted by molar-refractivity contribution is -0.140. The van der Waals surface area contributed by atoms with Gasteiger partial charge in [-0.05, 0) is 30.8 Å². The summed E-state index contributed by atoms with van der Waals surface area (Å²) in [4.78, 5) is 29.8. The van der Waals surface area contributed by atoms with Gasteiger partial charge in [0.1, 0.15) is 11.5 Å². The van der Waals surface area contributed by atoms with Gasteiger partial charge >= 0.3 is 0 Å². The fourth-order valence-electron chi connectivity index (χ4n) is 3.87. The zero-order valence-electron chi connectivity index (χ0n) is 17.7. The van der Waals surface area contributed by atoms with E-state index in [1.165, 1.54) is 7.11 Å². The van der Waals surface area contributed by atoms with Crippen molar-refractivity contribution in [2.75, 3.05) is 33.3 Å². The molecule has 6 nitrogen and oxygen atoms in total. The summed E-state index contributed by atoms with van der Waals surface area (Å²) in [5.74, 6) is -1.04. The second-order valence-electron chi connectivity index (χ2n) is 7.13. The second kappa shape index (κ2) is 9.59.